The van der Waals surface area contributed by atoms with Gasteiger partial charge in [0.2, 0.25) is 0 Å². The van der Waals surface area contributed by atoms with Crippen molar-refractivity contribution in [2.45, 2.75) is 50.8 Å². The molecule has 0 aromatic heterocycles. The topological polar surface area (TPSA) is 12.0 Å². The van der Waals surface area contributed by atoms with Crippen molar-refractivity contribution in [3.63, 3.8) is 0 Å². The lowest BCUT2D eigenvalue weighted by atomic mass is 9.87. The van der Waals surface area contributed by atoms with Gasteiger partial charge in [-0.05, 0) is 37.9 Å². The first-order chi connectivity index (χ1) is 6.22. The molecule has 0 aromatic rings. The van der Waals surface area contributed by atoms with Gasteiger partial charge < -0.3 is 5.32 Å². The smallest absolute Gasteiger partial charge is 0.0141 e. The molecule has 1 rings (SSSR count). The first kappa shape index (κ1) is 11.4. The van der Waals surface area contributed by atoms with Gasteiger partial charge in [-0.1, -0.05) is 13.8 Å². The average Bonchev–Trinajstić information content (AvgIpc) is 2.16. The minimum atomic E-state index is 0.763. The number of rotatable bonds is 4. The third kappa shape index (κ3) is 4.37. The fourth-order valence-corrected chi connectivity index (χ4v) is 2.14. The molecule has 1 aliphatic rings. The van der Waals surface area contributed by atoms with E-state index in [9.17, 15) is 0 Å². The van der Waals surface area contributed by atoms with Crippen LogP contribution in [0.5, 0.6) is 0 Å². The fourth-order valence-electron chi connectivity index (χ4n) is 1.88. The van der Waals surface area contributed by atoms with Crippen molar-refractivity contribution >= 4 is 11.8 Å². The number of hydrogen-bond acceptors (Lipinski definition) is 2. The van der Waals surface area contributed by atoms with E-state index in [2.05, 4.69) is 25.4 Å². The van der Waals surface area contributed by atoms with Crippen LogP contribution < -0.4 is 5.32 Å². The van der Waals surface area contributed by atoms with Gasteiger partial charge in [0.1, 0.15) is 0 Å². The van der Waals surface area contributed by atoms with Crippen molar-refractivity contribution in [1.82, 2.24) is 5.32 Å². The van der Waals surface area contributed by atoms with E-state index in [0.29, 0.717) is 0 Å². The van der Waals surface area contributed by atoms with Gasteiger partial charge in [-0.15, -0.1) is 0 Å². The Hall–Kier alpha value is 0.310. The average molecular weight is 201 g/mol. The zero-order valence-corrected chi connectivity index (χ0v) is 9.99. The number of nitrogens with one attached hydrogen (secondary N) is 1. The summed E-state index contributed by atoms with van der Waals surface area (Å²) in [5.41, 5.74) is 0. The van der Waals surface area contributed by atoms with Crippen LogP contribution in [0.25, 0.3) is 0 Å². The van der Waals surface area contributed by atoms with E-state index in [0.717, 1.165) is 17.2 Å². The van der Waals surface area contributed by atoms with E-state index in [4.69, 9.17) is 0 Å². The Labute approximate surface area is 87.1 Å². The second-order valence-corrected chi connectivity index (χ2v) is 5.69. The van der Waals surface area contributed by atoms with Crippen LogP contribution in [0.4, 0.5) is 0 Å². The van der Waals surface area contributed by atoms with Crippen molar-refractivity contribution in [2.24, 2.45) is 5.92 Å². The van der Waals surface area contributed by atoms with Crippen molar-refractivity contribution in [1.29, 1.82) is 0 Å². The maximum Gasteiger partial charge on any atom is 0.0141 e. The van der Waals surface area contributed by atoms with Crippen molar-refractivity contribution < 1.29 is 0 Å². The quantitative estimate of drug-likeness (QED) is 0.750. The molecule has 1 unspecified atom stereocenters. The van der Waals surface area contributed by atoms with E-state index in [1.165, 1.54) is 32.2 Å². The maximum absolute atomic E-state index is 3.67. The Morgan fingerprint density at radius 2 is 1.92 bits per heavy atom. The summed E-state index contributed by atoms with van der Waals surface area (Å²) in [4.78, 5) is 0. The van der Waals surface area contributed by atoms with Crippen LogP contribution in [0, 0.1) is 5.92 Å². The molecule has 1 aliphatic carbocycles. The summed E-state index contributed by atoms with van der Waals surface area (Å²) in [6.07, 6.45) is 7.82. The molecule has 78 valence electrons. The van der Waals surface area contributed by atoms with Gasteiger partial charge in [0, 0.05) is 17.8 Å². The maximum atomic E-state index is 3.67. The Kier molecular flexibility index (Phi) is 5.18. The third-order valence-electron chi connectivity index (χ3n) is 3.11. The van der Waals surface area contributed by atoms with Gasteiger partial charge in [0.15, 0.2) is 0 Å². The highest BCUT2D eigenvalue weighted by Crippen LogP contribution is 2.23. The number of thioether (sulfide) groups is 1. The first-order valence-corrected chi connectivity index (χ1v) is 6.77. The molecule has 1 N–H and O–H groups in total. The molecule has 0 radical (unpaired) electrons. The first-order valence-electron chi connectivity index (χ1n) is 5.48. The van der Waals surface area contributed by atoms with Crippen molar-refractivity contribution in [3.05, 3.63) is 0 Å². The Balaban J connectivity index is 2.08. The zero-order chi connectivity index (χ0) is 9.68. The van der Waals surface area contributed by atoms with Crippen molar-refractivity contribution in [3.8, 4) is 0 Å². The number of hydrogen-bond donors (Lipinski definition) is 1. The van der Waals surface area contributed by atoms with Crippen LogP contribution >= 0.6 is 11.8 Å². The molecule has 2 heteroatoms. The largest absolute Gasteiger partial charge is 0.313 e. The Morgan fingerprint density at radius 3 is 2.46 bits per heavy atom. The summed E-state index contributed by atoms with van der Waals surface area (Å²) in [6.45, 7) is 5.85. The summed E-state index contributed by atoms with van der Waals surface area (Å²) >= 11 is 1.95. The van der Waals surface area contributed by atoms with E-state index in [1.54, 1.807) is 0 Å². The third-order valence-corrected chi connectivity index (χ3v) is 4.08. The lowest BCUT2D eigenvalue weighted by Gasteiger charge is -2.27. The molecule has 1 nitrogen and oxygen atoms in total. The van der Waals surface area contributed by atoms with Crippen LogP contribution in [-0.2, 0) is 0 Å². The predicted octanol–water partition coefficient (Wildman–Crippen LogP) is 2.91. The molecule has 0 saturated heterocycles. The van der Waals surface area contributed by atoms with Gasteiger partial charge >= 0.3 is 0 Å². The van der Waals surface area contributed by atoms with Crippen LogP contribution in [0.15, 0.2) is 0 Å². The lowest BCUT2D eigenvalue weighted by molar-refractivity contribution is 0.309. The molecule has 0 amide bonds. The second-order valence-electron chi connectivity index (χ2n) is 4.41. The summed E-state index contributed by atoms with van der Waals surface area (Å²) in [6, 6.07) is 0.811. The van der Waals surface area contributed by atoms with Gasteiger partial charge in [0.05, 0.1) is 0 Å². The van der Waals surface area contributed by atoms with Gasteiger partial charge in [0.25, 0.3) is 0 Å². The predicted molar refractivity (Wildman–Crippen MR) is 62.4 cm³/mol. The van der Waals surface area contributed by atoms with Crippen LogP contribution in [0.2, 0.25) is 0 Å². The van der Waals surface area contributed by atoms with E-state index >= 15 is 0 Å². The molecule has 1 fully saturated rings. The molecule has 13 heavy (non-hydrogen) atoms. The molecule has 0 aromatic carbocycles. The zero-order valence-electron chi connectivity index (χ0n) is 9.18. The van der Waals surface area contributed by atoms with Crippen LogP contribution in [-0.4, -0.2) is 24.1 Å². The van der Waals surface area contributed by atoms with Gasteiger partial charge in [-0.2, -0.15) is 11.8 Å². The SMILES string of the molecule is CSC(C)CNC1CCC(C)CC1. The highest BCUT2D eigenvalue weighted by molar-refractivity contribution is 7.99. The second kappa shape index (κ2) is 5.92. The van der Waals surface area contributed by atoms with Crippen LogP contribution in [0.1, 0.15) is 39.5 Å². The molecule has 0 heterocycles. The van der Waals surface area contributed by atoms with Gasteiger partial charge in [-0.3, -0.25) is 0 Å². The monoisotopic (exact) mass is 201 g/mol. The van der Waals surface area contributed by atoms with E-state index in [-0.39, 0.29) is 0 Å². The summed E-state index contributed by atoms with van der Waals surface area (Å²) in [5.74, 6) is 0.969. The fraction of sp³-hybridized carbons (Fsp3) is 1.00. The molecular weight excluding hydrogens is 178 g/mol. The Morgan fingerprint density at radius 1 is 1.31 bits per heavy atom. The van der Waals surface area contributed by atoms with Gasteiger partial charge in [-0.25, -0.2) is 0 Å². The Bertz CT molecular complexity index is 130. The lowest BCUT2D eigenvalue weighted by Crippen LogP contribution is -2.36. The summed E-state index contributed by atoms with van der Waals surface area (Å²) in [7, 11) is 0. The minimum absolute atomic E-state index is 0.763. The van der Waals surface area contributed by atoms with Crippen LogP contribution in [0.3, 0.4) is 0 Å². The molecule has 1 atom stereocenters. The highest BCUT2D eigenvalue weighted by atomic mass is 32.2. The standard InChI is InChI=1S/C11H23NS/c1-9-4-6-11(7-5-9)12-8-10(2)13-3/h9-12H,4-8H2,1-3H3. The highest BCUT2D eigenvalue weighted by Gasteiger charge is 2.17. The molecular formula is C11H23NS. The molecule has 0 bridgehead atoms. The normalized spacial score (nSPS) is 31.6. The van der Waals surface area contributed by atoms with Crippen molar-refractivity contribution in [2.75, 3.05) is 12.8 Å². The minimum Gasteiger partial charge on any atom is -0.313 e. The summed E-state index contributed by atoms with van der Waals surface area (Å²) in [5, 5.41) is 4.44. The summed E-state index contributed by atoms with van der Waals surface area (Å²) < 4.78 is 0. The molecule has 1 saturated carbocycles. The van der Waals surface area contributed by atoms with E-state index in [1.807, 2.05) is 11.8 Å². The molecule has 0 spiro atoms. The molecule has 0 aliphatic heterocycles. The van der Waals surface area contributed by atoms with E-state index < -0.39 is 0 Å².